The largest absolute Gasteiger partial charge is 0.315 e. The Bertz CT molecular complexity index is 456. The number of hydrogen-bond acceptors (Lipinski definition) is 4. The van der Waals surface area contributed by atoms with Crippen LogP contribution in [0.1, 0.15) is 12.0 Å². The lowest BCUT2D eigenvalue weighted by atomic mass is 10.3. The van der Waals surface area contributed by atoms with E-state index in [1.54, 1.807) is 18.3 Å². The van der Waals surface area contributed by atoms with Gasteiger partial charge in [-0.05, 0) is 37.6 Å². The monoisotopic (exact) mass is 262 g/mol. The summed E-state index contributed by atoms with van der Waals surface area (Å²) in [5.74, 6) is 0. The third-order valence-electron chi connectivity index (χ3n) is 2.64. The van der Waals surface area contributed by atoms with Crippen molar-refractivity contribution in [2.24, 2.45) is 0 Å². The van der Waals surface area contributed by atoms with Gasteiger partial charge < -0.3 is 5.32 Å². The number of nitrogens with zero attached hydrogens (tertiary/aromatic N) is 1. The van der Waals surface area contributed by atoms with Crippen molar-refractivity contribution < 1.29 is 8.42 Å². The standard InChI is InChI=1S/C10H14N2O2S.ClH/c1-8-2-5-12-10(6-8)15(13,14)9-3-4-11-7-9;/h2,5-6,9,11H,3-4,7H2,1H3;1H. The van der Waals surface area contributed by atoms with Crippen LogP contribution >= 0.6 is 12.4 Å². The minimum atomic E-state index is -3.23. The third kappa shape index (κ3) is 2.53. The second kappa shape index (κ2) is 5.12. The summed E-state index contributed by atoms with van der Waals surface area (Å²) in [5.41, 5.74) is 0.925. The van der Waals surface area contributed by atoms with Crippen molar-refractivity contribution in [3.8, 4) is 0 Å². The number of halogens is 1. The van der Waals surface area contributed by atoms with E-state index in [0.717, 1.165) is 12.1 Å². The van der Waals surface area contributed by atoms with Gasteiger partial charge >= 0.3 is 0 Å². The Morgan fingerprint density at radius 2 is 2.25 bits per heavy atom. The molecule has 1 unspecified atom stereocenters. The van der Waals surface area contributed by atoms with E-state index in [1.807, 2.05) is 6.92 Å². The summed E-state index contributed by atoms with van der Waals surface area (Å²) >= 11 is 0. The van der Waals surface area contributed by atoms with Gasteiger partial charge in [-0.1, -0.05) is 0 Å². The average molecular weight is 263 g/mol. The van der Waals surface area contributed by atoms with Crippen molar-refractivity contribution >= 4 is 22.2 Å². The highest BCUT2D eigenvalue weighted by molar-refractivity contribution is 7.92. The first-order chi connectivity index (χ1) is 7.10. The smallest absolute Gasteiger partial charge is 0.199 e. The summed E-state index contributed by atoms with van der Waals surface area (Å²) < 4.78 is 24.2. The Hall–Kier alpha value is -0.650. The lowest BCUT2D eigenvalue weighted by Gasteiger charge is -2.09. The lowest BCUT2D eigenvalue weighted by Crippen LogP contribution is -2.24. The van der Waals surface area contributed by atoms with Crippen LogP contribution in [0.15, 0.2) is 23.4 Å². The number of pyridine rings is 1. The third-order valence-corrected chi connectivity index (χ3v) is 4.72. The van der Waals surface area contributed by atoms with Crippen LogP contribution in [0.5, 0.6) is 0 Å². The van der Waals surface area contributed by atoms with Crippen molar-refractivity contribution in [3.05, 3.63) is 23.9 Å². The molecule has 1 aliphatic heterocycles. The molecule has 1 N–H and O–H groups in total. The van der Waals surface area contributed by atoms with Gasteiger partial charge in [0.25, 0.3) is 0 Å². The zero-order valence-corrected chi connectivity index (χ0v) is 10.6. The average Bonchev–Trinajstić information content (AvgIpc) is 2.71. The van der Waals surface area contributed by atoms with E-state index in [1.165, 1.54) is 0 Å². The molecule has 1 atom stereocenters. The second-order valence-corrected chi connectivity index (χ2v) is 6.01. The molecule has 0 amide bonds. The van der Waals surface area contributed by atoms with Crippen LogP contribution in [0.25, 0.3) is 0 Å². The van der Waals surface area contributed by atoms with Crippen LogP contribution in [0.2, 0.25) is 0 Å². The molecule has 4 nitrogen and oxygen atoms in total. The van der Waals surface area contributed by atoms with Crippen molar-refractivity contribution in [1.29, 1.82) is 0 Å². The fraction of sp³-hybridized carbons (Fsp3) is 0.500. The zero-order valence-electron chi connectivity index (χ0n) is 9.01. The van der Waals surface area contributed by atoms with Crippen molar-refractivity contribution in [1.82, 2.24) is 10.3 Å². The maximum atomic E-state index is 12.1. The van der Waals surface area contributed by atoms with Crippen LogP contribution in [0.4, 0.5) is 0 Å². The predicted molar refractivity (Wildman–Crippen MR) is 64.7 cm³/mol. The van der Waals surface area contributed by atoms with Crippen LogP contribution in [0.3, 0.4) is 0 Å². The Morgan fingerprint density at radius 1 is 1.50 bits per heavy atom. The Morgan fingerprint density at radius 3 is 2.81 bits per heavy atom. The number of aromatic nitrogens is 1. The van der Waals surface area contributed by atoms with Gasteiger partial charge in [-0.2, -0.15) is 0 Å². The van der Waals surface area contributed by atoms with Crippen LogP contribution < -0.4 is 5.32 Å². The van der Waals surface area contributed by atoms with Gasteiger partial charge in [-0.15, -0.1) is 12.4 Å². The Balaban J connectivity index is 0.00000128. The van der Waals surface area contributed by atoms with Gasteiger partial charge in [-0.25, -0.2) is 13.4 Å². The highest BCUT2D eigenvalue weighted by Crippen LogP contribution is 2.18. The molecule has 90 valence electrons. The van der Waals surface area contributed by atoms with E-state index >= 15 is 0 Å². The molecule has 1 aliphatic rings. The summed E-state index contributed by atoms with van der Waals surface area (Å²) in [6, 6.07) is 3.43. The molecule has 16 heavy (non-hydrogen) atoms. The molecule has 0 spiro atoms. The van der Waals surface area contributed by atoms with Crippen molar-refractivity contribution in [2.45, 2.75) is 23.6 Å². The molecule has 1 saturated heterocycles. The van der Waals surface area contributed by atoms with E-state index < -0.39 is 9.84 Å². The van der Waals surface area contributed by atoms with Crippen molar-refractivity contribution in [2.75, 3.05) is 13.1 Å². The molecular formula is C10H15ClN2O2S. The highest BCUT2D eigenvalue weighted by Gasteiger charge is 2.31. The Labute approximate surface area is 102 Å². The topological polar surface area (TPSA) is 59.1 Å². The first-order valence-corrected chi connectivity index (χ1v) is 6.52. The Kier molecular flexibility index (Phi) is 4.29. The summed E-state index contributed by atoms with van der Waals surface area (Å²) in [4.78, 5) is 3.94. The van der Waals surface area contributed by atoms with Gasteiger partial charge in [0.05, 0.1) is 5.25 Å². The van der Waals surface area contributed by atoms with Crippen LogP contribution in [0, 0.1) is 6.92 Å². The van der Waals surface area contributed by atoms with Gasteiger partial charge in [0, 0.05) is 12.7 Å². The van der Waals surface area contributed by atoms with E-state index in [9.17, 15) is 8.42 Å². The molecule has 1 fully saturated rings. The number of rotatable bonds is 2. The normalized spacial score (nSPS) is 20.4. The molecule has 0 aliphatic carbocycles. The summed E-state index contributed by atoms with van der Waals surface area (Å²) in [7, 11) is -3.23. The predicted octanol–water partition coefficient (Wildman–Crippen LogP) is 0.947. The van der Waals surface area contributed by atoms with E-state index in [2.05, 4.69) is 10.3 Å². The fourth-order valence-electron chi connectivity index (χ4n) is 1.73. The SMILES string of the molecule is Cc1ccnc(S(=O)(=O)C2CCNC2)c1.Cl. The van der Waals surface area contributed by atoms with E-state index in [0.29, 0.717) is 13.0 Å². The highest BCUT2D eigenvalue weighted by atomic mass is 35.5. The first-order valence-electron chi connectivity index (χ1n) is 4.98. The van der Waals surface area contributed by atoms with Gasteiger partial charge in [0.2, 0.25) is 0 Å². The number of nitrogens with one attached hydrogen (secondary N) is 1. The van der Waals surface area contributed by atoms with E-state index in [4.69, 9.17) is 0 Å². The maximum Gasteiger partial charge on any atom is 0.199 e. The van der Waals surface area contributed by atoms with Crippen LogP contribution in [-0.4, -0.2) is 31.7 Å². The number of sulfone groups is 1. The second-order valence-electron chi connectivity index (χ2n) is 3.83. The zero-order chi connectivity index (χ0) is 10.9. The maximum absolute atomic E-state index is 12.1. The van der Waals surface area contributed by atoms with Gasteiger partial charge in [0.15, 0.2) is 14.9 Å². The van der Waals surface area contributed by atoms with Crippen LogP contribution in [-0.2, 0) is 9.84 Å². The van der Waals surface area contributed by atoms with E-state index in [-0.39, 0.29) is 22.7 Å². The molecule has 2 heterocycles. The molecule has 6 heteroatoms. The molecule has 0 radical (unpaired) electrons. The lowest BCUT2D eigenvalue weighted by molar-refractivity contribution is 0.579. The first kappa shape index (κ1) is 13.4. The molecular weight excluding hydrogens is 248 g/mol. The summed E-state index contributed by atoms with van der Waals surface area (Å²) in [6.45, 7) is 3.18. The minimum absolute atomic E-state index is 0. The molecule has 1 aromatic rings. The molecule has 0 bridgehead atoms. The number of aryl methyl sites for hydroxylation is 1. The quantitative estimate of drug-likeness (QED) is 0.862. The van der Waals surface area contributed by atoms with Gasteiger partial charge in [0.1, 0.15) is 0 Å². The summed E-state index contributed by atoms with van der Waals surface area (Å²) in [6.07, 6.45) is 2.22. The van der Waals surface area contributed by atoms with Gasteiger partial charge in [-0.3, -0.25) is 0 Å². The molecule has 0 saturated carbocycles. The summed E-state index contributed by atoms with van der Waals surface area (Å²) in [5, 5.41) is 2.95. The van der Waals surface area contributed by atoms with Crippen molar-refractivity contribution in [3.63, 3.8) is 0 Å². The fourth-order valence-corrected chi connectivity index (χ4v) is 3.39. The minimum Gasteiger partial charge on any atom is -0.315 e. The number of hydrogen-bond donors (Lipinski definition) is 1. The molecule has 2 rings (SSSR count). The molecule has 1 aromatic heterocycles. The molecule has 0 aromatic carbocycles.